The van der Waals surface area contributed by atoms with Gasteiger partial charge < -0.3 is 10.6 Å². The summed E-state index contributed by atoms with van der Waals surface area (Å²) in [6.07, 6.45) is 8.73. The van der Waals surface area contributed by atoms with Gasteiger partial charge in [0, 0.05) is 18.6 Å². The quantitative estimate of drug-likeness (QED) is 0.697. The van der Waals surface area contributed by atoms with Gasteiger partial charge in [0.2, 0.25) is 0 Å². The van der Waals surface area contributed by atoms with E-state index in [1.165, 1.54) is 45.1 Å². The molecule has 1 atom stereocenters. The molecule has 1 aliphatic carbocycles. The molecule has 0 aliphatic heterocycles. The Morgan fingerprint density at radius 3 is 2.31 bits per heavy atom. The first kappa shape index (κ1) is 14.0. The summed E-state index contributed by atoms with van der Waals surface area (Å²) < 4.78 is 0. The van der Waals surface area contributed by atoms with Crippen LogP contribution in [-0.2, 0) is 0 Å². The molecule has 0 heterocycles. The highest BCUT2D eigenvalue weighted by atomic mass is 15.0. The minimum atomic E-state index is 0.600. The average molecular weight is 226 g/mol. The van der Waals surface area contributed by atoms with E-state index in [-0.39, 0.29) is 0 Å². The fourth-order valence-corrected chi connectivity index (χ4v) is 2.49. The van der Waals surface area contributed by atoms with Crippen molar-refractivity contribution in [2.45, 2.75) is 71.4 Å². The van der Waals surface area contributed by atoms with E-state index in [9.17, 15) is 0 Å². The van der Waals surface area contributed by atoms with Gasteiger partial charge in [0.25, 0.3) is 0 Å². The van der Waals surface area contributed by atoms with Gasteiger partial charge >= 0.3 is 0 Å². The minimum Gasteiger partial charge on any atom is -0.313 e. The Kier molecular flexibility index (Phi) is 7.06. The van der Waals surface area contributed by atoms with Gasteiger partial charge in [-0.3, -0.25) is 0 Å². The molecule has 0 saturated heterocycles. The van der Waals surface area contributed by atoms with Gasteiger partial charge in [-0.1, -0.05) is 46.0 Å². The van der Waals surface area contributed by atoms with Crippen LogP contribution >= 0.6 is 0 Å². The summed E-state index contributed by atoms with van der Waals surface area (Å²) in [5.74, 6) is 1.01. The Morgan fingerprint density at radius 2 is 1.69 bits per heavy atom. The zero-order valence-corrected chi connectivity index (χ0v) is 11.4. The summed E-state index contributed by atoms with van der Waals surface area (Å²) in [6.45, 7) is 8.97. The molecule has 1 fully saturated rings. The molecule has 0 aromatic carbocycles. The van der Waals surface area contributed by atoms with Crippen LogP contribution in [0, 0.1) is 5.92 Å². The zero-order chi connectivity index (χ0) is 11.8. The second-order valence-corrected chi connectivity index (χ2v) is 5.71. The van der Waals surface area contributed by atoms with Gasteiger partial charge in [-0.15, -0.1) is 0 Å². The predicted octanol–water partition coefficient (Wildman–Crippen LogP) is 2.93. The molecule has 1 aliphatic rings. The molecule has 1 unspecified atom stereocenters. The molecule has 1 rings (SSSR count). The SMILES string of the molecule is CC(C)NCC(C)NCCC1CCCCC1. The standard InChI is InChI=1S/C14H30N2/c1-12(2)16-11-13(3)15-10-9-14-7-5-4-6-8-14/h12-16H,4-11H2,1-3H3. The third-order valence-corrected chi connectivity index (χ3v) is 3.60. The van der Waals surface area contributed by atoms with Gasteiger partial charge in [0.05, 0.1) is 0 Å². The van der Waals surface area contributed by atoms with Crippen molar-refractivity contribution in [3.05, 3.63) is 0 Å². The normalized spacial score (nSPS) is 20.2. The lowest BCUT2D eigenvalue weighted by Gasteiger charge is -2.23. The Bertz CT molecular complexity index is 162. The highest BCUT2D eigenvalue weighted by Crippen LogP contribution is 2.25. The maximum atomic E-state index is 3.62. The number of hydrogen-bond acceptors (Lipinski definition) is 2. The van der Waals surface area contributed by atoms with Crippen molar-refractivity contribution in [3.8, 4) is 0 Å². The molecule has 96 valence electrons. The molecular weight excluding hydrogens is 196 g/mol. The Hall–Kier alpha value is -0.0800. The third-order valence-electron chi connectivity index (χ3n) is 3.60. The van der Waals surface area contributed by atoms with E-state index in [2.05, 4.69) is 31.4 Å². The van der Waals surface area contributed by atoms with E-state index in [1.807, 2.05) is 0 Å². The van der Waals surface area contributed by atoms with Crippen molar-refractivity contribution in [2.75, 3.05) is 13.1 Å². The van der Waals surface area contributed by atoms with Crippen LogP contribution in [0.1, 0.15) is 59.3 Å². The summed E-state index contributed by atoms with van der Waals surface area (Å²) in [7, 11) is 0. The summed E-state index contributed by atoms with van der Waals surface area (Å²) >= 11 is 0. The lowest BCUT2D eigenvalue weighted by Crippen LogP contribution is -2.39. The van der Waals surface area contributed by atoms with Crippen LogP contribution in [0.5, 0.6) is 0 Å². The monoisotopic (exact) mass is 226 g/mol. The summed E-state index contributed by atoms with van der Waals surface area (Å²) in [4.78, 5) is 0. The summed E-state index contributed by atoms with van der Waals surface area (Å²) in [5, 5.41) is 7.09. The molecule has 1 saturated carbocycles. The van der Waals surface area contributed by atoms with E-state index in [0.29, 0.717) is 12.1 Å². The molecule has 0 spiro atoms. The largest absolute Gasteiger partial charge is 0.313 e. The van der Waals surface area contributed by atoms with E-state index in [1.54, 1.807) is 0 Å². The maximum absolute atomic E-state index is 3.62. The average Bonchev–Trinajstić information content (AvgIpc) is 2.28. The fraction of sp³-hybridized carbons (Fsp3) is 1.00. The molecule has 0 amide bonds. The Labute approximate surface area is 102 Å². The minimum absolute atomic E-state index is 0.600. The first-order valence-electron chi connectivity index (χ1n) is 7.15. The molecule has 16 heavy (non-hydrogen) atoms. The van der Waals surface area contributed by atoms with Gasteiger partial charge in [-0.05, 0) is 25.8 Å². The topological polar surface area (TPSA) is 24.1 Å². The van der Waals surface area contributed by atoms with E-state index < -0.39 is 0 Å². The lowest BCUT2D eigenvalue weighted by molar-refractivity contribution is 0.327. The van der Waals surface area contributed by atoms with Gasteiger partial charge in [-0.25, -0.2) is 0 Å². The van der Waals surface area contributed by atoms with Crippen LogP contribution in [0.15, 0.2) is 0 Å². The van der Waals surface area contributed by atoms with Gasteiger partial charge in [0.1, 0.15) is 0 Å². The maximum Gasteiger partial charge on any atom is 0.0164 e. The third kappa shape index (κ3) is 6.49. The first-order chi connectivity index (χ1) is 7.68. The smallest absolute Gasteiger partial charge is 0.0164 e. The van der Waals surface area contributed by atoms with Crippen LogP contribution < -0.4 is 10.6 Å². The first-order valence-corrected chi connectivity index (χ1v) is 7.15. The molecular formula is C14H30N2. The van der Waals surface area contributed by atoms with Crippen molar-refractivity contribution in [3.63, 3.8) is 0 Å². The van der Waals surface area contributed by atoms with E-state index in [4.69, 9.17) is 0 Å². The van der Waals surface area contributed by atoms with Crippen molar-refractivity contribution >= 4 is 0 Å². The van der Waals surface area contributed by atoms with Crippen molar-refractivity contribution in [1.29, 1.82) is 0 Å². The molecule has 2 heteroatoms. The molecule has 2 N–H and O–H groups in total. The highest BCUT2D eigenvalue weighted by molar-refractivity contribution is 4.70. The van der Waals surface area contributed by atoms with E-state index in [0.717, 1.165) is 12.5 Å². The fourth-order valence-electron chi connectivity index (χ4n) is 2.49. The molecule has 0 aromatic heterocycles. The van der Waals surface area contributed by atoms with Crippen LogP contribution in [-0.4, -0.2) is 25.2 Å². The van der Waals surface area contributed by atoms with Crippen molar-refractivity contribution in [2.24, 2.45) is 5.92 Å². The van der Waals surface area contributed by atoms with Crippen LogP contribution in [0.25, 0.3) is 0 Å². The van der Waals surface area contributed by atoms with Crippen molar-refractivity contribution in [1.82, 2.24) is 10.6 Å². The molecule has 0 radical (unpaired) electrons. The Morgan fingerprint density at radius 1 is 1.00 bits per heavy atom. The summed E-state index contributed by atoms with van der Waals surface area (Å²) in [6, 6.07) is 1.20. The Balaban J connectivity index is 1.96. The van der Waals surface area contributed by atoms with Crippen LogP contribution in [0.3, 0.4) is 0 Å². The summed E-state index contributed by atoms with van der Waals surface area (Å²) in [5.41, 5.74) is 0. The lowest BCUT2D eigenvalue weighted by atomic mass is 9.87. The molecule has 2 nitrogen and oxygen atoms in total. The van der Waals surface area contributed by atoms with Crippen molar-refractivity contribution < 1.29 is 0 Å². The van der Waals surface area contributed by atoms with Gasteiger partial charge in [-0.2, -0.15) is 0 Å². The van der Waals surface area contributed by atoms with E-state index >= 15 is 0 Å². The highest BCUT2D eigenvalue weighted by Gasteiger charge is 2.13. The molecule has 0 bridgehead atoms. The number of rotatable bonds is 7. The van der Waals surface area contributed by atoms with Gasteiger partial charge in [0.15, 0.2) is 0 Å². The second-order valence-electron chi connectivity index (χ2n) is 5.71. The number of hydrogen-bond donors (Lipinski definition) is 2. The molecule has 0 aromatic rings. The van der Waals surface area contributed by atoms with Crippen LogP contribution in [0.2, 0.25) is 0 Å². The second kappa shape index (κ2) is 8.08. The number of nitrogens with one attached hydrogen (secondary N) is 2. The van der Waals surface area contributed by atoms with Crippen LogP contribution in [0.4, 0.5) is 0 Å². The predicted molar refractivity (Wildman–Crippen MR) is 71.8 cm³/mol. The zero-order valence-electron chi connectivity index (χ0n) is 11.4.